The first-order valence-corrected chi connectivity index (χ1v) is 11.9. The third-order valence-corrected chi connectivity index (χ3v) is 6.50. The molecule has 1 aliphatic heterocycles. The summed E-state index contributed by atoms with van der Waals surface area (Å²) in [7, 11) is -3.68. The number of nitrogens with one attached hydrogen (secondary N) is 3. The van der Waals surface area contributed by atoms with Crippen LogP contribution in [0.2, 0.25) is 0 Å². The molecule has 1 unspecified atom stereocenters. The Balaban J connectivity index is 1.66. The van der Waals surface area contributed by atoms with Crippen LogP contribution in [0.25, 0.3) is 0 Å². The summed E-state index contributed by atoms with van der Waals surface area (Å²) in [5.74, 6) is -1.59. The van der Waals surface area contributed by atoms with E-state index < -0.39 is 33.4 Å². The third kappa shape index (κ3) is 6.27. The molecule has 0 spiro atoms. The van der Waals surface area contributed by atoms with Crippen molar-refractivity contribution in [2.24, 2.45) is 5.92 Å². The molecule has 9 heteroatoms. The monoisotopic (exact) mass is 447 g/mol. The van der Waals surface area contributed by atoms with Gasteiger partial charge >= 0.3 is 0 Å². The lowest BCUT2D eigenvalue weighted by Gasteiger charge is -2.27. The van der Waals surface area contributed by atoms with Crippen LogP contribution < -0.4 is 16.0 Å². The topological polar surface area (TPSA) is 104 Å². The highest BCUT2D eigenvalue weighted by atomic mass is 32.2. The second-order valence-electron chi connectivity index (χ2n) is 8.07. The molecule has 7 nitrogen and oxygen atoms in total. The molecule has 0 radical (unpaired) electrons. The van der Waals surface area contributed by atoms with Gasteiger partial charge in [0.05, 0.1) is 22.9 Å². The van der Waals surface area contributed by atoms with Gasteiger partial charge in [-0.1, -0.05) is 26.0 Å². The molecule has 0 aliphatic carbocycles. The van der Waals surface area contributed by atoms with Crippen LogP contribution in [0, 0.1) is 11.7 Å². The number of fused-ring (bicyclic) bond motifs is 1. The van der Waals surface area contributed by atoms with Gasteiger partial charge in [-0.05, 0) is 48.2 Å². The minimum Gasteiger partial charge on any atom is -0.371 e. The summed E-state index contributed by atoms with van der Waals surface area (Å²) in [5.41, 5.74) is 1.68. The predicted molar refractivity (Wildman–Crippen MR) is 118 cm³/mol. The Hall–Kier alpha value is -2.94. The Bertz CT molecular complexity index is 1090. The van der Waals surface area contributed by atoms with Crippen molar-refractivity contribution in [3.8, 4) is 0 Å². The number of benzene rings is 2. The molecule has 1 aliphatic rings. The Morgan fingerprint density at radius 3 is 2.65 bits per heavy atom. The van der Waals surface area contributed by atoms with Gasteiger partial charge in [-0.15, -0.1) is 0 Å². The number of sulfone groups is 1. The second-order valence-corrected chi connectivity index (χ2v) is 10.2. The molecule has 31 heavy (non-hydrogen) atoms. The van der Waals surface area contributed by atoms with Gasteiger partial charge in [0.15, 0.2) is 9.84 Å². The standard InChI is InChI=1S/C22H26FN3O4S/c1-14(2)8-9-24-21(27)16-6-7-18-19(11-16)26-22(28)20(25-18)13-31(29,30)12-15-4-3-5-17(23)10-15/h3-7,10-11,14,20,25H,8-9,12-13H2,1-2H3,(H,24,27)(H,26,28). The molecule has 2 aromatic carbocycles. The van der Waals surface area contributed by atoms with Crippen LogP contribution in [0.5, 0.6) is 0 Å². The van der Waals surface area contributed by atoms with Crippen molar-refractivity contribution in [1.29, 1.82) is 0 Å². The molecule has 0 saturated carbocycles. The van der Waals surface area contributed by atoms with Crippen LogP contribution in [-0.2, 0) is 20.4 Å². The average Bonchev–Trinajstić information content (AvgIpc) is 2.67. The highest BCUT2D eigenvalue weighted by molar-refractivity contribution is 7.90. The van der Waals surface area contributed by atoms with E-state index in [1.165, 1.54) is 18.2 Å². The van der Waals surface area contributed by atoms with Crippen molar-refractivity contribution in [3.05, 3.63) is 59.4 Å². The normalized spacial score (nSPS) is 15.7. The molecule has 0 saturated heterocycles. The Morgan fingerprint density at radius 1 is 1.16 bits per heavy atom. The number of carbonyl (C=O) groups is 2. The summed E-state index contributed by atoms with van der Waals surface area (Å²) in [4.78, 5) is 24.8. The summed E-state index contributed by atoms with van der Waals surface area (Å²) in [6, 6.07) is 9.19. The van der Waals surface area contributed by atoms with Crippen molar-refractivity contribution in [1.82, 2.24) is 5.32 Å². The van der Waals surface area contributed by atoms with Crippen LogP contribution in [0.3, 0.4) is 0 Å². The van der Waals surface area contributed by atoms with Crippen molar-refractivity contribution in [3.63, 3.8) is 0 Å². The molecular formula is C22H26FN3O4S. The number of hydrogen-bond donors (Lipinski definition) is 3. The molecule has 3 rings (SSSR count). The van der Waals surface area contributed by atoms with Gasteiger partial charge in [-0.2, -0.15) is 0 Å². The lowest BCUT2D eigenvalue weighted by Crippen LogP contribution is -2.43. The van der Waals surface area contributed by atoms with Crippen LogP contribution >= 0.6 is 0 Å². The van der Waals surface area contributed by atoms with Gasteiger partial charge < -0.3 is 16.0 Å². The van der Waals surface area contributed by atoms with Crippen molar-refractivity contribution in [2.45, 2.75) is 32.1 Å². The summed E-state index contributed by atoms with van der Waals surface area (Å²) in [5, 5.41) is 8.43. The highest BCUT2D eigenvalue weighted by Gasteiger charge is 2.30. The fraction of sp³-hybridized carbons (Fsp3) is 0.364. The van der Waals surface area contributed by atoms with E-state index in [0.29, 0.717) is 35.0 Å². The maximum atomic E-state index is 13.3. The first-order valence-electron chi connectivity index (χ1n) is 10.1. The molecule has 2 amide bonds. The lowest BCUT2D eigenvalue weighted by molar-refractivity contribution is -0.116. The van der Waals surface area contributed by atoms with Gasteiger partial charge in [-0.3, -0.25) is 9.59 Å². The molecule has 0 fully saturated rings. The van der Waals surface area contributed by atoms with Gasteiger partial charge in [0, 0.05) is 12.1 Å². The molecule has 0 bridgehead atoms. The fourth-order valence-electron chi connectivity index (χ4n) is 3.28. The van der Waals surface area contributed by atoms with Crippen LogP contribution in [0.1, 0.15) is 36.2 Å². The Kier molecular flexibility index (Phi) is 6.94. The van der Waals surface area contributed by atoms with E-state index in [1.54, 1.807) is 18.2 Å². The zero-order valence-corrected chi connectivity index (χ0v) is 18.3. The summed E-state index contributed by atoms with van der Waals surface area (Å²) >= 11 is 0. The lowest BCUT2D eigenvalue weighted by atomic mass is 10.1. The molecule has 0 aromatic heterocycles. The maximum Gasteiger partial charge on any atom is 0.251 e. The number of halogens is 1. The molecular weight excluding hydrogens is 421 g/mol. The molecule has 166 valence electrons. The average molecular weight is 448 g/mol. The maximum absolute atomic E-state index is 13.3. The zero-order chi connectivity index (χ0) is 22.6. The molecule has 1 heterocycles. The van der Waals surface area contributed by atoms with Gasteiger partial charge in [0.1, 0.15) is 11.9 Å². The van der Waals surface area contributed by atoms with Gasteiger partial charge in [-0.25, -0.2) is 12.8 Å². The van der Waals surface area contributed by atoms with Crippen LogP contribution in [0.4, 0.5) is 15.8 Å². The number of amides is 2. The van der Waals surface area contributed by atoms with E-state index in [2.05, 4.69) is 29.8 Å². The van der Waals surface area contributed by atoms with Crippen molar-refractivity contribution in [2.75, 3.05) is 22.9 Å². The number of hydrogen-bond acceptors (Lipinski definition) is 5. The Morgan fingerprint density at radius 2 is 1.94 bits per heavy atom. The van der Waals surface area contributed by atoms with E-state index in [1.807, 2.05) is 0 Å². The summed E-state index contributed by atoms with van der Waals surface area (Å²) < 4.78 is 38.4. The van der Waals surface area contributed by atoms with E-state index in [0.717, 1.165) is 12.5 Å². The number of carbonyl (C=O) groups excluding carboxylic acids is 2. The van der Waals surface area contributed by atoms with Crippen LogP contribution in [0.15, 0.2) is 42.5 Å². The zero-order valence-electron chi connectivity index (χ0n) is 17.4. The number of anilines is 2. The van der Waals surface area contributed by atoms with E-state index in [-0.39, 0.29) is 11.7 Å². The Labute approximate surface area is 181 Å². The fourth-order valence-corrected chi connectivity index (χ4v) is 4.82. The highest BCUT2D eigenvalue weighted by Crippen LogP contribution is 2.28. The third-order valence-electron chi connectivity index (χ3n) is 4.89. The van der Waals surface area contributed by atoms with Gasteiger partial charge in [0.2, 0.25) is 5.91 Å². The minimum absolute atomic E-state index is 0.238. The quantitative estimate of drug-likeness (QED) is 0.577. The van der Waals surface area contributed by atoms with E-state index >= 15 is 0 Å². The summed E-state index contributed by atoms with van der Waals surface area (Å²) in [6.45, 7) is 4.70. The van der Waals surface area contributed by atoms with Crippen LogP contribution in [-0.4, -0.2) is 38.6 Å². The molecule has 2 aromatic rings. The largest absolute Gasteiger partial charge is 0.371 e. The summed E-state index contributed by atoms with van der Waals surface area (Å²) in [6.07, 6.45) is 0.862. The van der Waals surface area contributed by atoms with E-state index in [4.69, 9.17) is 0 Å². The minimum atomic E-state index is -3.68. The first kappa shape index (κ1) is 22.7. The molecule has 1 atom stereocenters. The molecule has 3 N–H and O–H groups in total. The van der Waals surface area contributed by atoms with E-state index in [9.17, 15) is 22.4 Å². The second kappa shape index (κ2) is 9.47. The van der Waals surface area contributed by atoms with Crippen molar-refractivity contribution >= 4 is 33.0 Å². The van der Waals surface area contributed by atoms with Crippen molar-refractivity contribution < 1.29 is 22.4 Å². The predicted octanol–water partition coefficient (Wildman–Crippen LogP) is 2.95. The SMILES string of the molecule is CC(C)CCNC(=O)c1ccc2c(c1)NC(=O)C(CS(=O)(=O)Cc1cccc(F)c1)N2. The smallest absolute Gasteiger partial charge is 0.251 e. The first-order chi connectivity index (χ1) is 14.6. The number of rotatable bonds is 8. The van der Waals surface area contributed by atoms with Gasteiger partial charge in [0.25, 0.3) is 5.91 Å².